The van der Waals surface area contributed by atoms with E-state index in [4.69, 9.17) is 9.47 Å². The van der Waals surface area contributed by atoms with Gasteiger partial charge in [-0.3, -0.25) is 4.98 Å². The standard InChI is InChI=1S/C15H17NO3/c1-9(2)10-5-6-16-13-8-14(18-3)12(7-11(10)13)15(17)19-4/h5-9H,1-4H3. The predicted octanol–water partition coefficient (Wildman–Crippen LogP) is 3.15. The number of esters is 1. The fraction of sp³-hybridized carbons (Fsp3) is 0.333. The third-order valence-corrected chi connectivity index (χ3v) is 3.12. The van der Waals surface area contributed by atoms with E-state index in [1.165, 1.54) is 14.2 Å². The van der Waals surface area contributed by atoms with Crippen molar-refractivity contribution < 1.29 is 14.3 Å². The van der Waals surface area contributed by atoms with Crippen LogP contribution in [0.2, 0.25) is 0 Å². The Bertz CT molecular complexity index is 620. The minimum Gasteiger partial charge on any atom is -0.496 e. The van der Waals surface area contributed by atoms with Crippen molar-refractivity contribution in [2.75, 3.05) is 14.2 Å². The maximum atomic E-state index is 11.8. The molecule has 2 rings (SSSR count). The van der Waals surface area contributed by atoms with E-state index in [0.29, 0.717) is 17.2 Å². The number of rotatable bonds is 3. The number of carbonyl (C=O) groups is 1. The molecular weight excluding hydrogens is 242 g/mol. The van der Waals surface area contributed by atoms with Gasteiger partial charge < -0.3 is 9.47 Å². The monoisotopic (exact) mass is 259 g/mol. The Labute approximate surface area is 112 Å². The lowest BCUT2D eigenvalue weighted by Gasteiger charge is -2.13. The van der Waals surface area contributed by atoms with Gasteiger partial charge in [0.2, 0.25) is 0 Å². The largest absolute Gasteiger partial charge is 0.496 e. The zero-order valence-electron chi connectivity index (χ0n) is 11.6. The summed E-state index contributed by atoms with van der Waals surface area (Å²) in [5.74, 6) is 0.425. The Kier molecular flexibility index (Phi) is 3.69. The van der Waals surface area contributed by atoms with E-state index in [1.807, 2.05) is 6.07 Å². The molecule has 0 aliphatic heterocycles. The molecule has 2 aromatic rings. The quantitative estimate of drug-likeness (QED) is 0.794. The first-order valence-electron chi connectivity index (χ1n) is 6.13. The molecule has 1 heterocycles. The van der Waals surface area contributed by atoms with Crippen molar-refractivity contribution in [3.63, 3.8) is 0 Å². The molecule has 100 valence electrons. The lowest BCUT2D eigenvalue weighted by atomic mass is 9.97. The molecule has 0 aliphatic carbocycles. The van der Waals surface area contributed by atoms with Crippen molar-refractivity contribution in [1.82, 2.24) is 4.98 Å². The second-order valence-corrected chi connectivity index (χ2v) is 4.62. The molecular formula is C15H17NO3. The summed E-state index contributed by atoms with van der Waals surface area (Å²) < 4.78 is 10.0. The summed E-state index contributed by atoms with van der Waals surface area (Å²) in [5.41, 5.74) is 2.39. The van der Waals surface area contributed by atoms with Gasteiger partial charge in [-0.15, -0.1) is 0 Å². The molecule has 0 aliphatic rings. The van der Waals surface area contributed by atoms with E-state index >= 15 is 0 Å². The van der Waals surface area contributed by atoms with E-state index in [1.54, 1.807) is 18.3 Å². The second-order valence-electron chi connectivity index (χ2n) is 4.62. The maximum Gasteiger partial charge on any atom is 0.341 e. The van der Waals surface area contributed by atoms with Crippen LogP contribution in [0.3, 0.4) is 0 Å². The summed E-state index contributed by atoms with van der Waals surface area (Å²) in [5, 5.41) is 0.957. The molecule has 0 saturated carbocycles. The molecule has 0 N–H and O–H groups in total. The van der Waals surface area contributed by atoms with E-state index < -0.39 is 5.97 Å². The van der Waals surface area contributed by atoms with Crippen LogP contribution in [-0.2, 0) is 4.74 Å². The zero-order valence-corrected chi connectivity index (χ0v) is 11.6. The number of ether oxygens (including phenoxy) is 2. The Balaban J connectivity index is 2.75. The van der Waals surface area contributed by atoms with E-state index in [9.17, 15) is 4.79 Å². The lowest BCUT2D eigenvalue weighted by Crippen LogP contribution is -2.05. The number of pyridine rings is 1. The summed E-state index contributed by atoms with van der Waals surface area (Å²) in [7, 11) is 2.89. The summed E-state index contributed by atoms with van der Waals surface area (Å²) in [6.45, 7) is 4.22. The fourth-order valence-electron chi connectivity index (χ4n) is 2.14. The molecule has 0 atom stereocenters. The third kappa shape index (κ3) is 2.38. The average molecular weight is 259 g/mol. The highest BCUT2D eigenvalue weighted by atomic mass is 16.5. The van der Waals surface area contributed by atoms with Crippen molar-refractivity contribution in [1.29, 1.82) is 0 Å². The van der Waals surface area contributed by atoms with Crippen LogP contribution >= 0.6 is 0 Å². The van der Waals surface area contributed by atoms with Crippen molar-refractivity contribution >= 4 is 16.9 Å². The van der Waals surface area contributed by atoms with Gasteiger partial charge in [-0.1, -0.05) is 13.8 Å². The fourth-order valence-corrected chi connectivity index (χ4v) is 2.14. The molecule has 19 heavy (non-hydrogen) atoms. The molecule has 0 bridgehead atoms. The van der Waals surface area contributed by atoms with Gasteiger partial charge in [-0.2, -0.15) is 0 Å². The summed E-state index contributed by atoms with van der Waals surface area (Å²) in [4.78, 5) is 16.1. The SMILES string of the molecule is COC(=O)c1cc2c(C(C)C)ccnc2cc1OC. The number of aromatic nitrogens is 1. The van der Waals surface area contributed by atoms with Crippen molar-refractivity contribution in [2.45, 2.75) is 19.8 Å². The van der Waals surface area contributed by atoms with E-state index in [-0.39, 0.29) is 0 Å². The van der Waals surface area contributed by atoms with Gasteiger partial charge >= 0.3 is 5.97 Å². The van der Waals surface area contributed by atoms with Gasteiger partial charge in [-0.05, 0) is 23.6 Å². The summed E-state index contributed by atoms with van der Waals surface area (Å²) in [6.07, 6.45) is 1.77. The number of carbonyl (C=O) groups excluding carboxylic acids is 1. The molecule has 0 amide bonds. The second kappa shape index (κ2) is 5.26. The molecule has 0 spiro atoms. The number of hydrogen-bond acceptors (Lipinski definition) is 4. The maximum absolute atomic E-state index is 11.8. The number of benzene rings is 1. The minimum absolute atomic E-state index is 0.351. The van der Waals surface area contributed by atoms with Crippen LogP contribution in [0.5, 0.6) is 5.75 Å². The summed E-state index contributed by atoms with van der Waals surface area (Å²) >= 11 is 0. The molecule has 0 saturated heterocycles. The normalized spacial score (nSPS) is 10.8. The average Bonchev–Trinajstić information content (AvgIpc) is 2.43. The first kappa shape index (κ1) is 13.3. The van der Waals surface area contributed by atoms with Crippen LogP contribution in [-0.4, -0.2) is 25.2 Å². The Morgan fingerprint density at radius 2 is 2.00 bits per heavy atom. The number of hydrogen-bond donors (Lipinski definition) is 0. The number of fused-ring (bicyclic) bond motifs is 1. The first-order valence-corrected chi connectivity index (χ1v) is 6.13. The van der Waals surface area contributed by atoms with Gasteiger partial charge in [-0.25, -0.2) is 4.79 Å². The molecule has 4 heteroatoms. The third-order valence-electron chi connectivity index (χ3n) is 3.12. The van der Waals surface area contributed by atoms with Crippen molar-refractivity contribution in [3.8, 4) is 5.75 Å². The van der Waals surface area contributed by atoms with Crippen LogP contribution in [0.1, 0.15) is 35.7 Å². The Hall–Kier alpha value is -2.10. The molecule has 0 radical (unpaired) electrons. The van der Waals surface area contributed by atoms with E-state index in [2.05, 4.69) is 18.8 Å². The molecule has 0 fully saturated rings. The van der Waals surface area contributed by atoms with E-state index in [0.717, 1.165) is 16.5 Å². The van der Waals surface area contributed by atoms with Gasteiger partial charge in [0.25, 0.3) is 0 Å². The van der Waals surface area contributed by atoms with Crippen molar-refractivity contribution in [2.24, 2.45) is 0 Å². The lowest BCUT2D eigenvalue weighted by molar-refractivity contribution is 0.0597. The Morgan fingerprint density at radius 3 is 2.58 bits per heavy atom. The van der Waals surface area contributed by atoms with Crippen LogP contribution in [0.15, 0.2) is 24.4 Å². The molecule has 1 aromatic carbocycles. The molecule has 0 unspecified atom stereocenters. The van der Waals surface area contributed by atoms with Crippen LogP contribution in [0.4, 0.5) is 0 Å². The van der Waals surface area contributed by atoms with Gasteiger partial charge in [0.05, 0.1) is 19.7 Å². The highest BCUT2D eigenvalue weighted by molar-refractivity contribution is 5.98. The van der Waals surface area contributed by atoms with Crippen LogP contribution in [0, 0.1) is 0 Å². The highest BCUT2D eigenvalue weighted by Crippen LogP contribution is 2.30. The Morgan fingerprint density at radius 1 is 1.26 bits per heavy atom. The number of nitrogens with zero attached hydrogens (tertiary/aromatic N) is 1. The first-order chi connectivity index (χ1) is 9.08. The predicted molar refractivity (Wildman–Crippen MR) is 73.7 cm³/mol. The van der Waals surface area contributed by atoms with Crippen molar-refractivity contribution in [3.05, 3.63) is 35.5 Å². The molecule has 1 aromatic heterocycles. The smallest absolute Gasteiger partial charge is 0.341 e. The summed E-state index contributed by atoms with van der Waals surface area (Å²) in [6, 6.07) is 5.54. The zero-order chi connectivity index (χ0) is 14.0. The van der Waals surface area contributed by atoms with Gasteiger partial charge in [0.1, 0.15) is 11.3 Å². The molecule has 4 nitrogen and oxygen atoms in total. The minimum atomic E-state index is -0.405. The highest BCUT2D eigenvalue weighted by Gasteiger charge is 2.16. The van der Waals surface area contributed by atoms with Gasteiger partial charge in [0.15, 0.2) is 0 Å². The topological polar surface area (TPSA) is 48.4 Å². The van der Waals surface area contributed by atoms with Crippen LogP contribution in [0.25, 0.3) is 10.9 Å². The number of methoxy groups -OCH3 is 2. The van der Waals surface area contributed by atoms with Gasteiger partial charge in [0, 0.05) is 17.6 Å². The van der Waals surface area contributed by atoms with Crippen LogP contribution < -0.4 is 4.74 Å².